The highest BCUT2D eigenvalue weighted by molar-refractivity contribution is 6.04. The summed E-state index contributed by atoms with van der Waals surface area (Å²) in [7, 11) is 0. The van der Waals surface area contributed by atoms with E-state index in [1.165, 1.54) is 0 Å². The Labute approximate surface area is 166 Å². The zero-order valence-electron chi connectivity index (χ0n) is 17.4. The average molecular weight is 387 g/mol. The number of ether oxygens (including phenoxy) is 2. The fraction of sp³-hybridized carbons (Fsp3) is 0.591. The van der Waals surface area contributed by atoms with Crippen molar-refractivity contribution in [1.82, 2.24) is 4.90 Å². The van der Waals surface area contributed by atoms with E-state index in [4.69, 9.17) is 9.47 Å². The highest BCUT2D eigenvalue weighted by atomic mass is 16.6. The molecule has 6 nitrogen and oxygen atoms in total. The Morgan fingerprint density at radius 3 is 2.07 bits per heavy atom. The average Bonchev–Trinajstić information content (AvgIpc) is 3.19. The van der Waals surface area contributed by atoms with Crippen LogP contribution in [0.15, 0.2) is 30.3 Å². The number of nitrogens with zero attached hydrogens (tertiary/aromatic N) is 1. The third kappa shape index (κ3) is 3.91. The van der Waals surface area contributed by atoms with E-state index in [2.05, 4.69) is 0 Å². The van der Waals surface area contributed by atoms with Crippen LogP contribution in [0.1, 0.15) is 65.9 Å². The monoisotopic (exact) mass is 387 g/mol. The number of hydrogen-bond acceptors (Lipinski definition) is 5. The number of rotatable bonds is 2. The van der Waals surface area contributed by atoms with Crippen molar-refractivity contribution < 1.29 is 23.9 Å². The van der Waals surface area contributed by atoms with Crippen LogP contribution < -0.4 is 0 Å². The predicted molar refractivity (Wildman–Crippen MR) is 104 cm³/mol. The number of likely N-dealkylation sites (tertiary alicyclic amines) is 1. The molecule has 0 N–H and O–H groups in total. The summed E-state index contributed by atoms with van der Waals surface area (Å²) in [4.78, 5) is 39.9. The Hall–Kier alpha value is -2.37. The van der Waals surface area contributed by atoms with Gasteiger partial charge in [-0.3, -0.25) is 4.79 Å². The van der Waals surface area contributed by atoms with E-state index in [0.717, 1.165) is 10.5 Å². The zero-order chi connectivity index (χ0) is 20.9. The normalized spacial score (nSPS) is 27.1. The van der Waals surface area contributed by atoms with Crippen LogP contribution in [0.3, 0.4) is 0 Å². The smallest absolute Gasteiger partial charge is 0.417 e. The van der Waals surface area contributed by atoms with Crippen molar-refractivity contribution in [2.45, 2.75) is 77.5 Å². The van der Waals surface area contributed by atoms with E-state index < -0.39 is 34.7 Å². The van der Waals surface area contributed by atoms with Gasteiger partial charge < -0.3 is 9.47 Å². The standard InChI is InChI=1S/C22H29NO5/c1-20(2,3)27-17(24)16-13-22(12-15(22)14-10-8-7-9-11-14)18(25)23(16)19(26)28-21(4,5)6/h7-11,15-16H,12-13H2,1-6H3/t15-,16-,22-/m0/s1. The number of hydrogen-bond donors (Lipinski definition) is 0. The number of esters is 1. The van der Waals surface area contributed by atoms with Crippen molar-refractivity contribution >= 4 is 18.0 Å². The van der Waals surface area contributed by atoms with Gasteiger partial charge in [0.2, 0.25) is 5.91 Å². The van der Waals surface area contributed by atoms with Crippen molar-refractivity contribution in [1.29, 1.82) is 0 Å². The van der Waals surface area contributed by atoms with Gasteiger partial charge in [-0.2, -0.15) is 0 Å². The quantitative estimate of drug-likeness (QED) is 0.716. The third-order valence-electron chi connectivity index (χ3n) is 5.06. The second kappa shape index (κ2) is 6.61. The number of benzene rings is 1. The van der Waals surface area contributed by atoms with Crippen LogP contribution in [-0.4, -0.2) is 40.1 Å². The van der Waals surface area contributed by atoms with Gasteiger partial charge in [-0.1, -0.05) is 30.3 Å². The molecule has 28 heavy (non-hydrogen) atoms. The molecule has 1 saturated carbocycles. The molecule has 152 valence electrons. The Bertz CT molecular complexity index is 789. The van der Waals surface area contributed by atoms with Gasteiger partial charge in [0, 0.05) is 0 Å². The van der Waals surface area contributed by atoms with Crippen molar-refractivity contribution in [2.75, 3.05) is 0 Å². The minimum atomic E-state index is -0.963. The van der Waals surface area contributed by atoms with E-state index in [0.29, 0.717) is 6.42 Å². The van der Waals surface area contributed by atoms with Crippen LogP contribution in [0.25, 0.3) is 0 Å². The molecular formula is C22H29NO5. The molecule has 1 spiro atoms. The Balaban J connectivity index is 1.90. The molecular weight excluding hydrogens is 358 g/mol. The minimum Gasteiger partial charge on any atom is -0.458 e. The Morgan fingerprint density at radius 2 is 1.54 bits per heavy atom. The summed E-state index contributed by atoms with van der Waals surface area (Å²) in [6.45, 7) is 10.5. The molecule has 1 aliphatic heterocycles. The van der Waals surface area contributed by atoms with Gasteiger partial charge in [0.05, 0.1) is 5.41 Å². The molecule has 2 aliphatic rings. The van der Waals surface area contributed by atoms with E-state index >= 15 is 0 Å². The number of amides is 2. The lowest BCUT2D eigenvalue weighted by Gasteiger charge is -2.28. The summed E-state index contributed by atoms with van der Waals surface area (Å²) in [5.41, 5.74) is -1.17. The van der Waals surface area contributed by atoms with Gasteiger partial charge in [0.25, 0.3) is 0 Å². The molecule has 2 amide bonds. The lowest BCUT2D eigenvalue weighted by molar-refractivity contribution is -0.161. The van der Waals surface area contributed by atoms with Gasteiger partial charge in [0.1, 0.15) is 17.2 Å². The van der Waals surface area contributed by atoms with E-state index in [9.17, 15) is 14.4 Å². The van der Waals surface area contributed by atoms with Crippen LogP contribution >= 0.6 is 0 Å². The summed E-state index contributed by atoms with van der Waals surface area (Å²) in [6.07, 6.45) is 0.0949. The fourth-order valence-corrected chi connectivity index (χ4v) is 3.87. The molecule has 1 aromatic carbocycles. The Kier molecular flexibility index (Phi) is 4.80. The summed E-state index contributed by atoms with van der Waals surface area (Å²) < 4.78 is 10.9. The number of imide groups is 1. The molecule has 0 radical (unpaired) electrons. The third-order valence-corrected chi connectivity index (χ3v) is 5.06. The molecule has 0 unspecified atom stereocenters. The van der Waals surface area contributed by atoms with Gasteiger partial charge in [-0.25, -0.2) is 14.5 Å². The van der Waals surface area contributed by atoms with Crippen LogP contribution in [0, 0.1) is 5.41 Å². The Morgan fingerprint density at radius 1 is 0.964 bits per heavy atom. The molecule has 1 aliphatic carbocycles. The van der Waals surface area contributed by atoms with Crippen molar-refractivity contribution in [3.05, 3.63) is 35.9 Å². The maximum atomic E-state index is 13.3. The fourth-order valence-electron chi connectivity index (χ4n) is 3.87. The van der Waals surface area contributed by atoms with E-state index in [-0.39, 0.29) is 18.2 Å². The molecule has 0 bridgehead atoms. The highest BCUT2D eigenvalue weighted by Gasteiger charge is 2.69. The lowest BCUT2D eigenvalue weighted by atomic mass is 9.95. The number of carbonyl (C=O) groups is 3. The first-order valence-corrected chi connectivity index (χ1v) is 9.68. The minimum absolute atomic E-state index is 0.00132. The summed E-state index contributed by atoms with van der Waals surface area (Å²) >= 11 is 0. The van der Waals surface area contributed by atoms with Crippen molar-refractivity contribution in [2.24, 2.45) is 5.41 Å². The second-order valence-electron chi connectivity index (χ2n) is 9.73. The molecule has 1 heterocycles. The first kappa shape index (κ1) is 20.4. The molecule has 1 aromatic rings. The summed E-state index contributed by atoms with van der Waals surface area (Å²) in [5, 5.41) is 0. The van der Waals surface area contributed by atoms with Crippen molar-refractivity contribution in [3.8, 4) is 0 Å². The molecule has 0 aromatic heterocycles. The topological polar surface area (TPSA) is 72.9 Å². The molecule has 2 fully saturated rings. The van der Waals surface area contributed by atoms with Crippen LogP contribution in [0.5, 0.6) is 0 Å². The SMILES string of the molecule is CC(C)(C)OC(=O)[C@@H]1C[C@]2(C[C@H]2c2ccccc2)C(=O)N1C(=O)OC(C)(C)C. The van der Waals surface area contributed by atoms with Gasteiger partial charge >= 0.3 is 12.1 Å². The number of carbonyl (C=O) groups excluding carboxylic acids is 3. The molecule has 1 saturated heterocycles. The van der Waals surface area contributed by atoms with Gasteiger partial charge in [-0.05, 0) is 65.9 Å². The predicted octanol–water partition coefficient (Wildman–Crippen LogP) is 4.04. The van der Waals surface area contributed by atoms with E-state index in [1.807, 2.05) is 30.3 Å². The van der Waals surface area contributed by atoms with Gasteiger partial charge in [-0.15, -0.1) is 0 Å². The second-order valence-corrected chi connectivity index (χ2v) is 9.73. The van der Waals surface area contributed by atoms with E-state index in [1.54, 1.807) is 41.5 Å². The largest absolute Gasteiger partial charge is 0.458 e. The zero-order valence-corrected chi connectivity index (χ0v) is 17.4. The maximum Gasteiger partial charge on any atom is 0.417 e. The lowest BCUT2D eigenvalue weighted by Crippen LogP contribution is -2.47. The molecule has 3 rings (SSSR count). The van der Waals surface area contributed by atoms with Crippen LogP contribution in [0.2, 0.25) is 0 Å². The first-order chi connectivity index (χ1) is 12.8. The van der Waals surface area contributed by atoms with Gasteiger partial charge in [0.15, 0.2) is 0 Å². The molecule has 6 heteroatoms. The van der Waals surface area contributed by atoms with Crippen LogP contribution in [-0.2, 0) is 19.1 Å². The summed E-state index contributed by atoms with van der Waals surface area (Å²) in [6, 6.07) is 8.77. The highest BCUT2D eigenvalue weighted by Crippen LogP contribution is 2.66. The maximum absolute atomic E-state index is 13.3. The van der Waals surface area contributed by atoms with Crippen LogP contribution in [0.4, 0.5) is 4.79 Å². The summed E-state index contributed by atoms with van der Waals surface area (Å²) in [5.74, 6) is -0.910. The molecule has 3 atom stereocenters. The first-order valence-electron chi connectivity index (χ1n) is 9.68. The van der Waals surface area contributed by atoms with Crippen molar-refractivity contribution in [3.63, 3.8) is 0 Å².